The largest absolute Gasteiger partial charge is 0.480 e. The highest BCUT2D eigenvalue weighted by molar-refractivity contribution is 8.00. The molecule has 2 rings (SSSR count). The molecule has 0 aromatic heterocycles. The summed E-state index contributed by atoms with van der Waals surface area (Å²) in [4.78, 5) is 27.6. The molecule has 0 aliphatic carbocycles. The maximum absolute atomic E-state index is 12.7. The summed E-state index contributed by atoms with van der Waals surface area (Å²) >= 11 is 3.44. The zero-order valence-electron chi connectivity index (χ0n) is 11.9. The molecule has 7 heteroatoms. The van der Waals surface area contributed by atoms with Crippen LogP contribution >= 0.6 is 23.5 Å². The first-order valence-corrected chi connectivity index (χ1v) is 9.22. The first-order chi connectivity index (χ1) is 9.52. The van der Waals surface area contributed by atoms with E-state index in [0.29, 0.717) is 5.75 Å². The molecule has 0 radical (unpaired) electrons. The minimum absolute atomic E-state index is 0.0282. The number of nitrogens with zero attached hydrogens (tertiary/aromatic N) is 2. The molecule has 114 valence electrons. The predicted molar refractivity (Wildman–Crippen MR) is 83.3 cm³/mol. The molecule has 0 spiro atoms. The summed E-state index contributed by atoms with van der Waals surface area (Å²) in [5.74, 6) is 1.88. The van der Waals surface area contributed by atoms with Crippen molar-refractivity contribution in [2.24, 2.45) is 5.92 Å². The summed E-state index contributed by atoms with van der Waals surface area (Å²) in [7, 11) is 0. The van der Waals surface area contributed by atoms with Gasteiger partial charge in [0.15, 0.2) is 0 Å². The third-order valence-corrected chi connectivity index (χ3v) is 6.27. The van der Waals surface area contributed by atoms with E-state index in [4.69, 9.17) is 0 Å². The molecule has 2 saturated heterocycles. The second-order valence-electron chi connectivity index (χ2n) is 5.46. The van der Waals surface area contributed by atoms with Crippen LogP contribution in [-0.4, -0.2) is 68.7 Å². The lowest BCUT2D eigenvalue weighted by molar-refractivity contribution is -0.141. The minimum atomic E-state index is -0.891. The van der Waals surface area contributed by atoms with Crippen molar-refractivity contribution < 1.29 is 14.7 Å². The summed E-state index contributed by atoms with van der Waals surface area (Å²) in [5.41, 5.74) is 0. The molecule has 0 aromatic carbocycles. The molecule has 20 heavy (non-hydrogen) atoms. The van der Waals surface area contributed by atoms with E-state index in [1.807, 2.05) is 30.5 Å². The number of carbonyl (C=O) groups excluding carboxylic acids is 1. The molecular formula is C13H22N2O3S2. The lowest BCUT2D eigenvalue weighted by atomic mass is 10.1. The van der Waals surface area contributed by atoms with Crippen molar-refractivity contribution in [1.82, 2.24) is 9.80 Å². The van der Waals surface area contributed by atoms with Gasteiger partial charge in [0.05, 0.1) is 5.37 Å². The van der Waals surface area contributed by atoms with Gasteiger partial charge in [0, 0.05) is 24.6 Å². The average molecular weight is 318 g/mol. The van der Waals surface area contributed by atoms with E-state index in [0.717, 1.165) is 31.0 Å². The number of carboxylic acids is 1. The van der Waals surface area contributed by atoms with E-state index in [9.17, 15) is 14.7 Å². The van der Waals surface area contributed by atoms with Crippen molar-refractivity contribution >= 4 is 35.5 Å². The molecule has 2 amide bonds. The van der Waals surface area contributed by atoms with Gasteiger partial charge in [-0.25, -0.2) is 9.59 Å². The average Bonchev–Trinajstić information content (AvgIpc) is 2.67. The Balaban J connectivity index is 2.15. The monoisotopic (exact) mass is 318 g/mol. The molecular weight excluding hydrogens is 296 g/mol. The lowest BCUT2D eigenvalue weighted by Crippen LogP contribution is -2.53. The molecule has 1 N–H and O–H groups in total. The SMILES string of the molecule is CC(C)C1SCC(C(=O)O)N1C(=O)N1CCCSCC1. The van der Waals surface area contributed by atoms with Gasteiger partial charge in [-0.3, -0.25) is 4.90 Å². The highest BCUT2D eigenvalue weighted by atomic mass is 32.2. The van der Waals surface area contributed by atoms with Crippen molar-refractivity contribution in [3.05, 3.63) is 0 Å². The number of carbonyl (C=O) groups is 2. The second-order valence-corrected chi connectivity index (χ2v) is 7.84. The molecule has 0 bridgehead atoms. The number of rotatable bonds is 2. The molecule has 2 heterocycles. The summed E-state index contributed by atoms with van der Waals surface area (Å²) in [6.07, 6.45) is 0.988. The zero-order chi connectivity index (χ0) is 14.7. The summed E-state index contributed by atoms with van der Waals surface area (Å²) < 4.78 is 0. The Kier molecular flexibility index (Phi) is 5.49. The first-order valence-electron chi connectivity index (χ1n) is 7.01. The molecule has 2 unspecified atom stereocenters. The topological polar surface area (TPSA) is 60.9 Å². The lowest BCUT2D eigenvalue weighted by Gasteiger charge is -2.34. The van der Waals surface area contributed by atoms with E-state index in [1.54, 1.807) is 16.7 Å². The van der Waals surface area contributed by atoms with Gasteiger partial charge in [-0.2, -0.15) is 11.8 Å². The molecule has 2 fully saturated rings. The first kappa shape index (κ1) is 15.8. The number of thioether (sulfide) groups is 2. The second kappa shape index (κ2) is 6.93. The van der Waals surface area contributed by atoms with Crippen molar-refractivity contribution in [3.63, 3.8) is 0 Å². The van der Waals surface area contributed by atoms with E-state index in [-0.39, 0.29) is 17.3 Å². The van der Waals surface area contributed by atoms with Crippen LogP contribution in [0, 0.1) is 5.92 Å². The van der Waals surface area contributed by atoms with Crippen LogP contribution in [0.4, 0.5) is 4.79 Å². The van der Waals surface area contributed by atoms with Crippen LogP contribution in [0.2, 0.25) is 0 Å². The Morgan fingerprint density at radius 1 is 1.25 bits per heavy atom. The molecule has 0 saturated carbocycles. The maximum atomic E-state index is 12.7. The Morgan fingerprint density at radius 2 is 2.00 bits per heavy atom. The van der Waals surface area contributed by atoms with Crippen LogP contribution in [0.3, 0.4) is 0 Å². The van der Waals surface area contributed by atoms with Crippen molar-refractivity contribution in [3.8, 4) is 0 Å². The molecule has 2 aliphatic rings. The number of hydrogen-bond donors (Lipinski definition) is 1. The fraction of sp³-hybridized carbons (Fsp3) is 0.846. The number of carboxylic acid groups (broad SMARTS) is 1. The standard InChI is InChI=1S/C13H22N2O3S2/c1-9(2)11-15(10(8-20-11)12(16)17)13(18)14-4-3-6-19-7-5-14/h9-11H,3-8H2,1-2H3,(H,16,17). The summed E-state index contributed by atoms with van der Waals surface area (Å²) in [6.45, 7) is 5.55. The summed E-state index contributed by atoms with van der Waals surface area (Å²) in [6, 6.07) is -0.778. The normalized spacial score (nSPS) is 27.8. The molecule has 2 atom stereocenters. The Bertz CT molecular complexity index is 371. The third kappa shape index (κ3) is 3.36. The van der Waals surface area contributed by atoms with Crippen LogP contribution in [0.1, 0.15) is 20.3 Å². The van der Waals surface area contributed by atoms with E-state index < -0.39 is 12.0 Å². The van der Waals surface area contributed by atoms with Gasteiger partial charge in [-0.1, -0.05) is 13.8 Å². The van der Waals surface area contributed by atoms with E-state index in [2.05, 4.69) is 0 Å². The van der Waals surface area contributed by atoms with Gasteiger partial charge in [0.25, 0.3) is 0 Å². The van der Waals surface area contributed by atoms with E-state index >= 15 is 0 Å². The highest BCUT2D eigenvalue weighted by Gasteiger charge is 2.44. The Hall–Kier alpha value is -0.560. The predicted octanol–water partition coefficient (Wildman–Crippen LogP) is 2.03. The highest BCUT2D eigenvalue weighted by Crippen LogP contribution is 2.35. The zero-order valence-corrected chi connectivity index (χ0v) is 13.6. The number of aliphatic carboxylic acids is 1. The van der Waals surface area contributed by atoms with Gasteiger partial charge < -0.3 is 10.0 Å². The Labute approximate surface area is 128 Å². The van der Waals surface area contributed by atoms with E-state index in [1.165, 1.54) is 0 Å². The molecule has 5 nitrogen and oxygen atoms in total. The summed E-state index contributed by atoms with van der Waals surface area (Å²) in [5, 5.41) is 9.33. The molecule has 0 aromatic rings. The van der Waals surface area contributed by atoms with Crippen molar-refractivity contribution in [1.29, 1.82) is 0 Å². The number of hydrogen-bond acceptors (Lipinski definition) is 4. The van der Waals surface area contributed by atoms with Gasteiger partial charge in [0.2, 0.25) is 0 Å². The van der Waals surface area contributed by atoms with Crippen LogP contribution in [0.15, 0.2) is 0 Å². The number of amides is 2. The van der Waals surface area contributed by atoms with Crippen LogP contribution in [0.5, 0.6) is 0 Å². The van der Waals surface area contributed by atoms with Crippen molar-refractivity contribution in [2.45, 2.75) is 31.7 Å². The fourth-order valence-electron chi connectivity index (χ4n) is 2.57. The minimum Gasteiger partial charge on any atom is -0.480 e. The van der Waals surface area contributed by atoms with Crippen LogP contribution < -0.4 is 0 Å². The van der Waals surface area contributed by atoms with Gasteiger partial charge >= 0.3 is 12.0 Å². The Morgan fingerprint density at radius 3 is 2.65 bits per heavy atom. The maximum Gasteiger partial charge on any atom is 0.327 e. The van der Waals surface area contributed by atoms with Crippen molar-refractivity contribution in [2.75, 3.05) is 30.3 Å². The molecule has 2 aliphatic heterocycles. The van der Waals surface area contributed by atoms with Gasteiger partial charge in [-0.15, -0.1) is 11.8 Å². The third-order valence-electron chi connectivity index (χ3n) is 3.60. The smallest absolute Gasteiger partial charge is 0.327 e. The van der Waals surface area contributed by atoms with Crippen LogP contribution in [0.25, 0.3) is 0 Å². The quantitative estimate of drug-likeness (QED) is 0.844. The van der Waals surface area contributed by atoms with Gasteiger partial charge in [0.1, 0.15) is 6.04 Å². The van der Waals surface area contributed by atoms with Gasteiger partial charge in [-0.05, 0) is 18.1 Å². The fourth-order valence-corrected chi connectivity index (χ4v) is 4.93. The number of urea groups is 1. The van der Waals surface area contributed by atoms with Crippen LogP contribution in [-0.2, 0) is 4.79 Å².